The number of amides is 1. The summed E-state index contributed by atoms with van der Waals surface area (Å²) in [5.41, 5.74) is 3.05. The van der Waals surface area contributed by atoms with Crippen molar-refractivity contribution in [2.24, 2.45) is 0 Å². The lowest BCUT2D eigenvalue weighted by atomic mass is 9.97. The summed E-state index contributed by atoms with van der Waals surface area (Å²) in [5, 5.41) is 12.1. The van der Waals surface area contributed by atoms with E-state index in [-0.39, 0.29) is 5.57 Å². The van der Waals surface area contributed by atoms with Gasteiger partial charge in [0.1, 0.15) is 23.2 Å². The second-order valence-corrected chi connectivity index (χ2v) is 7.32. The molecule has 0 aliphatic carbocycles. The highest BCUT2D eigenvalue weighted by molar-refractivity contribution is 9.10. The Labute approximate surface area is 182 Å². The van der Waals surface area contributed by atoms with Crippen molar-refractivity contribution in [2.45, 2.75) is 6.42 Å². The van der Waals surface area contributed by atoms with Crippen LogP contribution in [-0.4, -0.2) is 13.0 Å². The summed E-state index contributed by atoms with van der Waals surface area (Å²) in [6.45, 7) is 0. The van der Waals surface area contributed by atoms with Crippen LogP contribution in [0.3, 0.4) is 0 Å². The van der Waals surface area contributed by atoms with Crippen LogP contribution in [0.2, 0.25) is 0 Å². The molecule has 0 spiro atoms. The fourth-order valence-corrected chi connectivity index (χ4v) is 3.31. The van der Waals surface area contributed by atoms with Crippen LogP contribution in [0, 0.1) is 17.1 Å². The third kappa shape index (κ3) is 5.34. The van der Waals surface area contributed by atoms with Gasteiger partial charge in [-0.3, -0.25) is 4.79 Å². The molecule has 0 atom stereocenters. The van der Waals surface area contributed by atoms with Crippen LogP contribution >= 0.6 is 15.9 Å². The van der Waals surface area contributed by atoms with Crippen molar-refractivity contribution in [2.75, 3.05) is 12.4 Å². The largest absolute Gasteiger partial charge is 0.497 e. The van der Waals surface area contributed by atoms with Crippen molar-refractivity contribution in [1.29, 1.82) is 5.26 Å². The van der Waals surface area contributed by atoms with Crippen molar-refractivity contribution in [3.05, 3.63) is 99.3 Å². The van der Waals surface area contributed by atoms with E-state index in [0.29, 0.717) is 17.9 Å². The third-order valence-corrected chi connectivity index (χ3v) is 5.23. The number of benzene rings is 3. The minimum absolute atomic E-state index is 0.0575. The molecule has 0 aromatic heterocycles. The minimum atomic E-state index is -0.563. The van der Waals surface area contributed by atoms with E-state index in [1.165, 1.54) is 24.3 Å². The van der Waals surface area contributed by atoms with Gasteiger partial charge in [-0.15, -0.1) is 0 Å². The maximum atomic E-state index is 13.1. The number of carbonyl (C=O) groups is 1. The first-order valence-corrected chi connectivity index (χ1v) is 9.88. The van der Waals surface area contributed by atoms with Gasteiger partial charge in [-0.1, -0.05) is 40.2 Å². The topological polar surface area (TPSA) is 62.1 Å². The molecule has 3 aromatic carbocycles. The van der Waals surface area contributed by atoms with Gasteiger partial charge in [-0.2, -0.15) is 5.26 Å². The molecular weight excluding hydrogens is 447 g/mol. The van der Waals surface area contributed by atoms with Gasteiger partial charge in [0, 0.05) is 10.2 Å². The molecule has 4 nitrogen and oxygen atoms in total. The van der Waals surface area contributed by atoms with E-state index in [9.17, 15) is 14.4 Å². The van der Waals surface area contributed by atoms with Crippen LogP contribution in [0.25, 0.3) is 6.08 Å². The van der Waals surface area contributed by atoms with Crippen molar-refractivity contribution < 1.29 is 13.9 Å². The monoisotopic (exact) mass is 464 g/mol. The predicted octanol–water partition coefficient (Wildman–Crippen LogP) is 5.73. The van der Waals surface area contributed by atoms with Crippen molar-refractivity contribution in [3.63, 3.8) is 0 Å². The molecule has 0 aliphatic rings. The minimum Gasteiger partial charge on any atom is -0.497 e. The van der Waals surface area contributed by atoms with Gasteiger partial charge >= 0.3 is 0 Å². The summed E-state index contributed by atoms with van der Waals surface area (Å²) in [6.07, 6.45) is 2.13. The van der Waals surface area contributed by atoms with Crippen LogP contribution in [0.4, 0.5) is 10.1 Å². The Balaban J connectivity index is 1.93. The Morgan fingerprint density at radius 3 is 2.53 bits per heavy atom. The number of nitrogens with one attached hydrogen (secondary N) is 1. The molecule has 1 amide bonds. The van der Waals surface area contributed by atoms with Crippen molar-refractivity contribution in [1.82, 2.24) is 0 Å². The fraction of sp³-hybridized carbons (Fsp3) is 0.0833. The molecule has 0 radical (unpaired) electrons. The lowest BCUT2D eigenvalue weighted by molar-refractivity contribution is -0.112. The maximum absolute atomic E-state index is 13.1. The van der Waals surface area contributed by atoms with Crippen molar-refractivity contribution >= 4 is 33.6 Å². The molecule has 6 heteroatoms. The van der Waals surface area contributed by atoms with Gasteiger partial charge in [0.2, 0.25) is 0 Å². The van der Waals surface area contributed by atoms with Gasteiger partial charge in [-0.05, 0) is 71.7 Å². The Bertz CT molecular complexity index is 1130. The smallest absolute Gasteiger partial charge is 0.266 e. The molecule has 0 saturated heterocycles. The molecule has 1 N–H and O–H groups in total. The Morgan fingerprint density at radius 1 is 1.13 bits per heavy atom. The standard InChI is InChI=1S/C24H18BrFN2O2/c1-30-22-11-6-16(18(14-22)13-17-4-2-3-5-23(17)25)12-19(15-27)24(29)28-21-9-7-20(26)8-10-21/h2-12,14H,13H2,1H3,(H,28,29)/b19-12+. The van der Waals surface area contributed by atoms with Gasteiger partial charge in [0.05, 0.1) is 7.11 Å². The summed E-state index contributed by atoms with van der Waals surface area (Å²) in [7, 11) is 1.59. The zero-order valence-corrected chi connectivity index (χ0v) is 17.7. The molecular formula is C24H18BrFN2O2. The second kappa shape index (κ2) is 9.86. The molecule has 0 fully saturated rings. The number of halogens is 2. The molecule has 0 saturated carbocycles. The van der Waals surface area contributed by atoms with Crippen molar-refractivity contribution in [3.8, 4) is 11.8 Å². The van der Waals surface area contributed by atoms with Crippen LogP contribution in [0.15, 0.2) is 76.8 Å². The van der Waals surface area contributed by atoms with E-state index in [1.807, 2.05) is 42.5 Å². The molecule has 30 heavy (non-hydrogen) atoms. The molecule has 0 aliphatic heterocycles. The molecule has 150 valence electrons. The fourth-order valence-electron chi connectivity index (χ4n) is 2.89. The number of anilines is 1. The number of hydrogen-bond acceptors (Lipinski definition) is 3. The van der Waals surface area contributed by atoms with Crippen LogP contribution in [0.5, 0.6) is 5.75 Å². The van der Waals surface area contributed by atoms with E-state index in [4.69, 9.17) is 4.74 Å². The molecule has 3 aromatic rings. The lowest BCUT2D eigenvalue weighted by Crippen LogP contribution is -2.13. The second-order valence-electron chi connectivity index (χ2n) is 6.46. The molecule has 0 unspecified atom stereocenters. The number of ether oxygens (including phenoxy) is 1. The van der Waals surface area contributed by atoms with Gasteiger partial charge in [-0.25, -0.2) is 4.39 Å². The van der Waals surface area contributed by atoms with Gasteiger partial charge in [0.15, 0.2) is 0 Å². The van der Waals surface area contributed by atoms with Crippen LogP contribution < -0.4 is 10.1 Å². The first kappa shape index (κ1) is 21.3. The summed E-state index contributed by atoms with van der Waals surface area (Å²) < 4.78 is 19.4. The SMILES string of the molecule is COc1ccc(/C=C(\C#N)C(=O)Nc2ccc(F)cc2)c(Cc2ccccc2Br)c1. The molecule has 0 bridgehead atoms. The molecule has 0 heterocycles. The third-order valence-electron chi connectivity index (χ3n) is 4.46. The van der Waals surface area contributed by atoms with Crippen LogP contribution in [-0.2, 0) is 11.2 Å². The maximum Gasteiger partial charge on any atom is 0.266 e. The number of rotatable bonds is 6. The van der Waals surface area contributed by atoms with E-state index < -0.39 is 11.7 Å². The highest BCUT2D eigenvalue weighted by Crippen LogP contribution is 2.26. The number of methoxy groups -OCH3 is 1. The Morgan fingerprint density at radius 2 is 1.87 bits per heavy atom. The highest BCUT2D eigenvalue weighted by atomic mass is 79.9. The van der Waals surface area contributed by atoms with E-state index in [2.05, 4.69) is 21.2 Å². The van der Waals surface area contributed by atoms with Gasteiger partial charge < -0.3 is 10.1 Å². The quantitative estimate of drug-likeness (QED) is 0.374. The predicted molar refractivity (Wildman–Crippen MR) is 119 cm³/mol. The van der Waals surface area contributed by atoms with Crippen LogP contribution in [0.1, 0.15) is 16.7 Å². The Hall–Kier alpha value is -3.43. The van der Waals surface area contributed by atoms with E-state index in [1.54, 1.807) is 19.3 Å². The Kier molecular flexibility index (Phi) is 6.99. The summed E-state index contributed by atoms with van der Waals surface area (Å²) in [5.74, 6) is -0.283. The lowest BCUT2D eigenvalue weighted by Gasteiger charge is -2.11. The number of hydrogen-bond donors (Lipinski definition) is 1. The van der Waals surface area contributed by atoms with E-state index in [0.717, 1.165) is 21.2 Å². The van der Waals surface area contributed by atoms with E-state index >= 15 is 0 Å². The number of nitriles is 1. The first-order chi connectivity index (χ1) is 14.5. The zero-order valence-electron chi connectivity index (χ0n) is 16.2. The highest BCUT2D eigenvalue weighted by Gasteiger charge is 2.13. The number of nitrogens with zero attached hydrogens (tertiary/aromatic N) is 1. The average Bonchev–Trinajstić information content (AvgIpc) is 2.75. The first-order valence-electron chi connectivity index (χ1n) is 9.09. The normalized spacial score (nSPS) is 10.9. The summed E-state index contributed by atoms with van der Waals surface area (Å²) in [4.78, 5) is 12.6. The van der Waals surface area contributed by atoms with Gasteiger partial charge in [0.25, 0.3) is 5.91 Å². The summed E-state index contributed by atoms with van der Waals surface area (Å²) in [6, 6.07) is 20.6. The molecule has 3 rings (SSSR count). The average molecular weight is 465 g/mol. The zero-order chi connectivity index (χ0) is 21.5. The number of carbonyl (C=O) groups excluding carboxylic acids is 1. The summed E-state index contributed by atoms with van der Waals surface area (Å²) >= 11 is 3.55.